The van der Waals surface area contributed by atoms with E-state index in [0.717, 1.165) is 26.9 Å². The first kappa shape index (κ1) is 14.9. The molecule has 1 aliphatic rings. The van der Waals surface area contributed by atoms with Crippen molar-refractivity contribution in [1.82, 2.24) is 4.90 Å². The summed E-state index contributed by atoms with van der Waals surface area (Å²) in [6, 6.07) is 13.9. The smallest absolute Gasteiger partial charge is 0.407 e. The summed E-state index contributed by atoms with van der Waals surface area (Å²) in [4.78, 5) is 12.6. The Kier molecular flexibility index (Phi) is 4.34. The largest absolute Gasteiger partial charge is 0.489 e. The van der Waals surface area contributed by atoms with Gasteiger partial charge in [-0.15, -0.1) is 0 Å². The molecule has 2 aromatic rings. The molecule has 22 heavy (non-hydrogen) atoms. The van der Waals surface area contributed by atoms with Crippen LogP contribution in [0.4, 0.5) is 4.79 Å². The second kappa shape index (κ2) is 6.40. The fraction of sp³-hybridized carbons (Fsp3) is 0.235. The standard InChI is InChI=1S/C17H16BrNO3/c18-14-8-13-6-7-19(17(20)21)10-15(13)16(9-14)22-11-12-4-2-1-3-5-12/h1-5,8-9H,6-7,10-11H2,(H,20,21). The number of halogens is 1. The van der Waals surface area contributed by atoms with Crippen LogP contribution in [-0.4, -0.2) is 22.6 Å². The number of nitrogens with zero attached hydrogens (tertiary/aromatic N) is 1. The number of rotatable bonds is 3. The van der Waals surface area contributed by atoms with E-state index in [9.17, 15) is 9.90 Å². The van der Waals surface area contributed by atoms with Crippen LogP contribution in [0.15, 0.2) is 46.9 Å². The Labute approximate surface area is 137 Å². The summed E-state index contributed by atoms with van der Waals surface area (Å²) in [5.41, 5.74) is 3.20. The van der Waals surface area contributed by atoms with Crippen LogP contribution in [0.2, 0.25) is 0 Å². The van der Waals surface area contributed by atoms with Gasteiger partial charge in [-0.3, -0.25) is 0 Å². The summed E-state index contributed by atoms with van der Waals surface area (Å²) in [7, 11) is 0. The van der Waals surface area contributed by atoms with Crippen LogP contribution < -0.4 is 4.74 Å². The number of carbonyl (C=O) groups is 1. The highest BCUT2D eigenvalue weighted by Crippen LogP contribution is 2.32. The van der Waals surface area contributed by atoms with Crippen molar-refractivity contribution in [1.29, 1.82) is 0 Å². The van der Waals surface area contributed by atoms with Gasteiger partial charge in [-0.2, -0.15) is 0 Å². The van der Waals surface area contributed by atoms with E-state index in [1.165, 1.54) is 4.90 Å². The third-order valence-corrected chi connectivity index (χ3v) is 4.23. The summed E-state index contributed by atoms with van der Waals surface area (Å²) >= 11 is 3.50. The summed E-state index contributed by atoms with van der Waals surface area (Å²) in [5.74, 6) is 0.749. The summed E-state index contributed by atoms with van der Waals surface area (Å²) in [6.07, 6.45) is -0.175. The molecule has 1 N–H and O–H groups in total. The molecule has 2 aromatic carbocycles. The molecule has 1 heterocycles. The van der Waals surface area contributed by atoms with Gasteiger partial charge < -0.3 is 14.7 Å². The third-order valence-electron chi connectivity index (χ3n) is 3.77. The summed E-state index contributed by atoms with van der Waals surface area (Å²) in [6.45, 7) is 1.37. The van der Waals surface area contributed by atoms with Crippen LogP contribution >= 0.6 is 15.9 Å². The lowest BCUT2D eigenvalue weighted by molar-refractivity contribution is 0.139. The number of hydrogen-bond acceptors (Lipinski definition) is 2. The van der Waals surface area contributed by atoms with Gasteiger partial charge in [0, 0.05) is 16.6 Å². The molecule has 3 rings (SSSR count). The average molecular weight is 362 g/mol. The zero-order valence-electron chi connectivity index (χ0n) is 12.0. The molecule has 0 radical (unpaired) electrons. The van der Waals surface area contributed by atoms with Gasteiger partial charge in [0.15, 0.2) is 0 Å². The predicted molar refractivity (Wildman–Crippen MR) is 87.1 cm³/mol. The molecule has 1 amide bonds. The van der Waals surface area contributed by atoms with Crippen molar-refractivity contribution in [3.63, 3.8) is 0 Å². The molecule has 0 bridgehead atoms. The monoisotopic (exact) mass is 361 g/mol. The van der Waals surface area contributed by atoms with Gasteiger partial charge in [0.2, 0.25) is 0 Å². The van der Waals surface area contributed by atoms with Crippen LogP contribution in [0.5, 0.6) is 5.75 Å². The normalized spacial score (nSPS) is 13.6. The lowest BCUT2D eigenvalue weighted by Crippen LogP contribution is -2.35. The van der Waals surface area contributed by atoms with Crippen LogP contribution in [0.25, 0.3) is 0 Å². The van der Waals surface area contributed by atoms with Gasteiger partial charge >= 0.3 is 6.09 Å². The number of ether oxygens (including phenoxy) is 1. The average Bonchev–Trinajstić information content (AvgIpc) is 2.53. The van der Waals surface area contributed by atoms with E-state index in [4.69, 9.17) is 4.74 Å². The van der Waals surface area contributed by atoms with Crippen LogP contribution in [0.1, 0.15) is 16.7 Å². The molecule has 0 saturated heterocycles. The molecule has 0 spiro atoms. The quantitative estimate of drug-likeness (QED) is 0.896. The highest BCUT2D eigenvalue weighted by atomic mass is 79.9. The molecule has 0 fully saturated rings. The van der Waals surface area contributed by atoms with Crippen LogP contribution in [0.3, 0.4) is 0 Å². The van der Waals surface area contributed by atoms with Crippen molar-refractivity contribution in [3.8, 4) is 5.75 Å². The van der Waals surface area contributed by atoms with E-state index in [2.05, 4.69) is 15.9 Å². The number of hydrogen-bond donors (Lipinski definition) is 1. The molecule has 4 nitrogen and oxygen atoms in total. The van der Waals surface area contributed by atoms with Gasteiger partial charge in [-0.1, -0.05) is 46.3 Å². The molecule has 0 atom stereocenters. The fourth-order valence-corrected chi connectivity index (χ4v) is 3.11. The maximum absolute atomic E-state index is 11.2. The van der Waals surface area contributed by atoms with E-state index in [0.29, 0.717) is 26.1 Å². The molecular formula is C17H16BrNO3. The second-order valence-corrected chi connectivity index (χ2v) is 6.19. The number of fused-ring (bicyclic) bond motifs is 1. The minimum absolute atomic E-state index is 0.377. The van der Waals surface area contributed by atoms with Gasteiger partial charge in [-0.25, -0.2) is 4.79 Å². The maximum Gasteiger partial charge on any atom is 0.407 e. The molecular weight excluding hydrogens is 346 g/mol. The highest BCUT2D eigenvalue weighted by Gasteiger charge is 2.23. The van der Waals surface area contributed by atoms with E-state index >= 15 is 0 Å². The van der Waals surface area contributed by atoms with Gasteiger partial charge in [0.25, 0.3) is 0 Å². The molecule has 1 aliphatic heterocycles. The molecule has 5 heteroatoms. The highest BCUT2D eigenvalue weighted by molar-refractivity contribution is 9.10. The first-order chi connectivity index (χ1) is 10.6. The number of benzene rings is 2. The Morgan fingerprint density at radius 1 is 1.27 bits per heavy atom. The fourth-order valence-electron chi connectivity index (χ4n) is 2.62. The number of carboxylic acid groups (broad SMARTS) is 1. The predicted octanol–water partition coefficient (Wildman–Crippen LogP) is 4.06. The second-order valence-electron chi connectivity index (χ2n) is 5.27. The Balaban J connectivity index is 1.84. The summed E-state index contributed by atoms with van der Waals surface area (Å²) < 4.78 is 6.91. The van der Waals surface area contributed by atoms with Crippen molar-refractivity contribution >= 4 is 22.0 Å². The SMILES string of the molecule is O=C(O)N1CCc2cc(Br)cc(OCc3ccccc3)c2C1. The summed E-state index contributed by atoms with van der Waals surface area (Å²) in [5, 5.41) is 9.19. The van der Waals surface area contributed by atoms with Gasteiger partial charge in [0.1, 0.15) is 12.4 Å². The molecule has 0 aromatic heterocycles. The zero-order chi connectivity index (χ0) is 15.5. The Bertz CT molecular complexity index is 688. The minimum atomic E-state index is -0.887. The van der Waals surface area contributed by atoms with Crippen molar-refractivity contribution < 1.29 is 14.6 Å². The zero-order valence-corrected chi connectivity index (χ0v) is 13.5. The van der Waals surface area contributed by atoms with Gasteiger partial charge in [0.05, 0.1) is 6.54 Å². The first-order valence-corrected chi connectivity index (χ1v) is 7.88. The minimum Gasteiger partial charge on any atom is -0.489 e. The van der Waals surface area contributed by atoms with Crippen molar-refractivity contribution in [2.75, 3.05) is 6.54 Å². The first-order valence-electron chi connectivity index (χ1n) is 7.09. The third kappa shape index (κ3) is 3.25. The van der Waals surface area contributed by atoms with Crippen molar-refractivity contribution in [3.05, 3.63) is 63.6 Å². The van der Waals surface area contributed by atoms with Crippen molar-refractivity contribution in [2.24, 2.45) is 0 Å². The van der Waals surface area contributed by atoms with E-state index < -0.39 is 6.09 Å². The molecule has 0 aliphatic carbocycles. The van der Waals surface area contributed by atoms with Crippen LogP contribution in [0, 0.1) is 0 Å². The molecule has 0 unspecified atom stereocenters. The Morgan fingerprint density at radius 2 is 2.05 bits per heavy atom. The van der Waals surface area contributed by atoms with Crippen molar-refractivity contribution in [2.45, 2.75) is 19.6 Å². The lowest BCUT2D eigenvalue weighted by Gasteiger charge is -2.28. The molecule has 0 saturated carbocycles. The topological polar surface area (TPSA) is 49.8 Å². The van der Waals surface area contributed by atoms with Gasteiger partial charge in [-0.05, 0) is 29.7 Å². The number of amides is 1. The lowest BCUT2D eigenvalue weighted by atomic mass is 9.99. The maximum atomic E-state index is 11.2. The van der Waals surface area contributed by atoms with Crippen LogP contribution in [-0.2, 0) is 19.6 Å². The Morgan fingerprint density at radius 3 is 2.77 bits per heavy atom. The van der Waals surface area contributed by atoms with E-state index in [1.807, 2.05) is 42.5 Å². The molecule has 114 valence electrons. The van der Waals surface area contributed by atoms with E-state index in [1.54, 1.807) is 0 Å². The van der Waals surface area contributed by atoms with E-state index in [-0.39, 0.29) is 0 Å². The Hall–Kier alpha value is -2.01.